The SMILES string of the molecule is CNC(C)(C)C(=O)NCC1(C)CC1. The maximum atomic E-state index is 11.6. The standard InChI is InChI=1S/C10H20N2O/c1-9(2,11-4)8(13)12-7-10(3)5-6-10/h11H,5-7H2,1-4H3,(H,12,13). The number of likely N-dealkylation sites (N-methyl/N-ethyl adjacent to an activating group) is 1. The Bertz CT molecular complexity index is 207. The summed E-state index contributed by atoms with van der Waals surface area (Å²) in [7, 11) is 1.80. The first-order valence-electron chi connectivity index (χ1n) is 4.87. The van der Waals surface area contributed by atoms with Gasteiger partial charge in [-0.3, -0.25) is 4.79 Å². The lowest BCUT2D eigenvalue weighted by Gasteiger charge is -2.23. The van der Waals surface area contributed by atoms with Crippen LogP contribution in [0.2, 0.25) is 0 Å². The number of rotatable bonds is 4. The zero-order valence-corrected chi connectivity index (χ0v) is 9.03. The van der Waals surface area contributed by atoms with E-state index in [1.165, 1.54) is 12.8 Å². The number of hydrogen-bond acceptors (Lipinski definition) is 2. The van der Waals surface area contributed by atoms with Crippen LogP contribution in [-0.4, -0.2) is 25.0 Å². The van der Waals surface area contributed by atoms with Crippen molar-refractivity contribution in [3.05, 3.63) is 0 Å². The predicted molar refractivity (Wildman–Crippen MR) is 53.5 cm³/mol. The van der Waals surface area contributed by atoms with Gasteiger partial charge in [0.2, 0.25) is 5.91 Å². The van der Waals surface area contributed by atoms with Gasteiger partial charge in [0.1, 0.15) is 0 Å². The summed E-state index contributed by atoms with van der Waals surface area (Å²) in [5.74, 6) is 0.0862. The van der Waals surface area contributed by atoms with Gasteiger partial charge in [0, 0.05) is 6.54 Å². The van der Waals surface area contributed by atoms with Crippen molar-refractivity contribution in [2.45, 2.75) is 39.2 Å². The van der Waals surface area contributed by atoms with Crippen LogP contribution in [0.3, 0.4) is 0 Å². The highest BCUT2D eigenvalue weighted by atomic mass is 16.2. The fraction of sp³-hybridized carbons (Fsp3) is 0.900. The summed E-state index contributed by atoms with van der Waals surface area (Å²) in [5.41, 5.74) is -0.0648. The van der Waals surface area contributed by atoms with Gasteiger partial charge in [-0.1, -0.05) is 6.92 Å². The average Bonchev–Trinajstić information content (AvgIpc) is 2.80. The normalized spacial score (nSPS) is 19.7. The molecule has 1 saturated carbocycles. The first-order chi connectivity index (χ1) is 5.90. The van der Waals surface area contributed by atoms with E-state index in [-0.39, 0.29) is 5.91 Å². The highest BCUT2D eigenvalue weighted by molar-refractivity contribution is 5.85. The quantitative estimate of drug-likeness (QED) is 0.681. The number of hydrogen-bond donors (Lipinski definition) is 2. The average molecular weight is 184 g/mol. The smallest absolute Gasteiger partial charge is 0.239 e. The third-order valence-corrected chi connectivity index (χ3v) is 2.97. The predicted octanol–water partition coefficient (Wildman–Crippen LogP) is 0.901. The van der Waals surface area contributed by atoms with Crippen molar-refractivity contribution >= 4 is 5.91 Å². The molecule has 1 aliphatic rings. The Hall–Kier alpha value is -0.570. The third kappa shape index (κ3) is 2.69. The van der Waals surface area contributed by atoms with Gasteiger partial charge in [0.05, 0.1) is 5.54 Å². The first kappa shape index (κ1) is 10.5. The van der Waals surface area contributed by atoms with Gasteiger partial charge in [0.25, 0.3) is 0 Å². The van der Waals surface area contributed by atoms with Crippen LogP contribution in [0.5, 0.6) is 0 Å². The van der Waals surface area contributed by atoms with Crippen LogP contribution in [-0.2, 0) is 4.79 Å². The molecule has 1 rings (SSSR count). The molecule has 0 spiro atoms. The molecule has 76 valence electrons. The Kier molecular flexibility index (Phi) is 2.66. The van der Waals surface area contributed by atoms with Crippen LogP contribution in [0.25, 0.3) is 0 Å². The van der Waals surface area contributed by atoms with Crippen molar-refractivity contribution < 1.29 is 4.79 Å². The van der Waals surface area contributed by atoms with E-state index in [4.69, 9.17) is 0 Å². The minimum absolute atomic E-state index is 0.0862. The Labute approximate surface area is 80.3 Å². The van der Waals surface area contributed by atoms with Crippen molar-refractivity contribution in [3.63, 3.8) is 0 Å². The Balaban J connectivity index is 2.32. The summed E-state index contributed by atoms with van der Waals surface area (Å²) in [5, 5.41) is 5.96. The second-order valence-corrected chi connectivity index (χ2v) is 4.87. The first-order valence-corrected chi connectivity index (χ1v) is 4.87. The van der Waals surface area contributed by atoms with Crippen molar-refractivity contribution in [3.8, 4) is 0 Å². The highest BCUT2D eigenvalue weighted by Gasteiger charge is 2.38. The van der Waals surface area contributed by atoms with Crippen LogP contribution in [0.15, 0.2) is 0 Å². The molecular formula is C10H20N2O. The van der Waals surface area contributed by atoms with Crippen molar-refractivity contribution in [1.82, 2.24) is 10.6 Å². The number of nitrogens with one attached hydrogen (secondary N) is 2. The molecule has 0 aromatic carbocycles. The van der Waals surface area contributed by atoms with Crippen LogP contribution in [0, 0.1) is 5.41 Å². The molecule has 1 fully saturated rings. The van der Waals surface area contributed by atoms with E-state index in [0.717, 1.165) is 6.54 Å². The number of amides is 1. The van der Waals surface area contributed by atoms with Crippen LogP contribution in [0.1, 0.15) is 33.6 Å². The Morgan fingerprint density at radius 3 is 2.38 bits per heavy atom. The minimum Gasteiger partial charge on any atom is -0.354 e. The molecule has 13 heavy (non-hydrogen) atoms. The molecule has 2 N–H and O–H groups in total. The van der Waals surface area contributed by atoms with Crippen LogP contribution >= 0.6 is 0 Å². The van der Waals surface area contributed by atoms with Gasteiger partial charge in [-0.15, -0.1) is 0 Å². The lowest BCUT2D eigenvalue weighted by atomic mass is 10.0. The molecule has 0 atom stereocenters. The Morgan fingerprint density at radius 1 is 1.46 bits per heavy atom. The maximum absolute atomic E-state index is 11.6. The van der Waals surface area contributed by atoms with E-state index in [0.29, 0.717) is 5.41 Å². The van der Waals surface area contributed by atoms with E-state index in [9.17, 15) is 4.79 Å². The largest absolute Gasteiger partial charge is 0.354 e. The molecule has 0 saturated heterocycles. The molecule has 1 aliphatic carbocycles. The molecule has 1 amide bonds. The van der Waals surface area contributed by atoms with E-state index < -0.39 is 5.54 Å². The lowest BCUT2D eigenvalue weighted by Crippen LogP contribution is -2.51. The van der Waals surface area contributed by atoms with Crippen LogP contribution < -0.4 is 10.6 Å². The summed E-state index contributed by atoms with van der Waals surface area (Å²) < 4.78 is 0. The van der Waals surface area contributed by atoms with E-state index >= 15 is 0 Å². The van der Waals surface area contributed by atoms with Crippen molar-refractivity contribution in [1.29, 1.82) is 0 Å². The molecule has 0 unspecified atom stereocenters. The third-order valence-electron chi connectivity index (χ3n) is 2.97. The number of carbonyl (C=O) groups excluding carboxylic acids is 1. The highest BCUT2D eigenvalue weighted by Crippen LogP contribution is 2.44. The minimum atomic E-state index is -0.453. The van der Waals surface area contributed by atoms with Gasteiger partial charge in [-0.25, -0.2) is 0 Å². The van der Waals surface area contributed by atoms with Gasteiger partial charge >= 0.3 is 0 Å². The maximum Gasteiger partial charge on any atom is 0.239 e. The van der Waals surface area contributed by atoms with Crippen LogP contribution in [0.4, 0.5) is 0 Å². The molecule has 3 nitrogen and oxygen atoms in total. The zero-order chi connectivity index (χ0) is 10.1. The van der Waals surface area contributed by atoms with Crippen molar-refractivity contribution in [2.24, 2.45) is 5.41 Å². The summed E-state index contributed by atoms with van der Waals surface area (Å²) >= 11 is 0. The molecular weight excluding hydrogens is 164 g/mol. The monoisotopic (exact) mass is 184 g/mol. The number of carbonyl (C=O) groups is 1. The zero-order valence-electron chi connectivity index (χ0n) is 9.03. The summed E-state index contributed by atoms with van der Waals surface area (Å²) in [6.45, 7) is 6.80. The van der Waals surface area contributed by atoms with E-state index in [2.05, 4.69) is 17.6 Å². The molecule has 0 heterocycles. The molecule has 0 radical (unpaired) electrons. The lowest BCUT2D eigenvalue weighted by molar-refractivity contribution is -0.126. The molecule has 0 bridgehead atoms. The van der Waals surface area contributed by atoms with Gasteiger partial charge in [0.15, 0.2) is 0 Å². The second-order valence-electron chi connectivity index (χ2n) is 4.87. The van der Waals surface area contributed by atoms with E-state index in [1.807, 2.05) is 13.8 Å². The van der Waals surface area contributed by atoms with Gasteiger partial charge in [-0.2, -0.15) is 0 Å². The summed E-state index contributed by atoms with van der Waals surface area (Å²) in [6.07, 6.45) is 2.49. The molecule has 0 aromatic rings. The molecule has 0 aliphatic heterocycles. The van der Waals surface area contributed by atoms with Crippen molar-refractivity contribution in [2.75, 3.05) is 13.6 Å². The Morgan fingerprint density at radius 2 is 2.00 bits per heavy atom. The summed E-state index contributed by atoms with van der Waals surface area (Å²) in [6, 6.07) is 0. The fourth-order valence-corrected chi connectivity index (χ4v) is 1.02. The molecule has 0 aromatic heterocycles. The van der Waals surface area contributed by atoms with Gasteiger partial charge in [-0.05, 0) is 39.2 Å². The fourth-order valence-electron chi connectivity index (χ4n) is 1.02. The topological polar surface area (TPSA) is 41.1 Å². The van der Waals surface area contributed by atoms with E-state index in [1.54, 1.807) is 7.05 Å². The molecule has 3 heteroatoms. The second kappa shape index (κ2) is 3.29. The summed E-state index contributed by atoms with van der Waals surface area (Å²) in [4.78, 5) is 11.6. The van der Waals surface area contributed by atoms with Gasteiger partial charge < -0.3 is 10.6 Å².